The Morgan fingerprint density at radius 3 is 2.72 bits per heavy atom. The fourth-order valence-corrected chi connectivity index (χ4v) is 2.04. The third-order valence-corrected chi connectivity index (χ3v) is 2.80. The number of ether oxygens (including phenoxy) is 1. The van der Waals surface area contributed by atoms with Crippen molar-refractivity contribution in [3.8, 4) is 0 Å². The van der Waals surface area contributed by atoms with E-state index < -0.39 is 18.0 Å². The van der Waals surface area contributed by atoms with Crippen molar-refractivity contribution in [3.05, 3.63) is 33.2 Å². The fraction of sp³-hybridized carbons (Fsp3) is 0.455. The molecule has 0 amide bonds. The van der Waals surface area contributed by atoms with E-state index in [-0.39, 0.29) is 35.2 Å². The van der Waals surface area contributed by atoms with Crippen molar-refractivity contribution in [2.45, 2.75) is 25.1 Å². The summed E-state index contributed by atoms with van der Waals surface area (Å²) in [6, 6.07) is 1.12. The summed E-state index contributed by atoms with van der Waals surface area (Å²) in [6.45, 7) is 1.84. The number of aromatic amines is 1. The van der Waals surface area contributed by atoms with Gasteiger partial charge in [0.25, 0.3) is 12.0 Å². The zero-order valence-electron chi connectivity index (χ0n) is 9.63. The van der Waals surface area contributed by atoms with Gasteiger partial charge in [-0.2, -0.15) is 0 Å². The lowest BCUT2D eigenvalue weighted by Crippen LogP contribution is -2.19. The standard InChI is InChI=1S/C11H12BrF2NO3/c1-2-18-9(16)4-6-3-7(10(13)14)8(5-12)11(17)15-6/h3,10H,2,4-5H2,1H3,(H,15,17). The number of nitrogens with one attached hydrogen (secondary N) is 1. The van der Waals surface area contributed by atoms with Crippen LogP contribution >= 0.6 is 15.9 Å². The predicted octanol–water partition coefficient (Wildman–Crippen LogP) is 2.31. The smallest absolute Gasteiger partial charge is 0.311 e. The first-order valence-electron chi connectivity index (χ1n) is 5.24. The molecular formula is C11H12BrF2NO3. The van der Waals surface area contributed by atoms with E-state index in [9.17, 15) is 18.4 Å². The van der Waals surface area contributed by atoms with Crippen LogP contribution in [-0.4, -0.2) is 17.6 Å². The number of esters is 1. The Balaban J connectivity index is 3.09. The highest BCUT2D eigenvalue weighted by Crippen LogP contribution is 2.22. The summed E-state index contributed by atoms with van der Waals surface area (Å²) in [5, 5.41) is 0.0295. The lowest BCUT2D eigenvalue weighted by atomic mass is 10.1. The lowest BCUT2D eigenvalue weighted by Gasteiger charge is -2.08. The second-order valence-electron chi connectivity index (χ2n) is 3.47. The monoisotopic (exact) mass is 323 g/mol. The number of pyridine rings is 1. The first-order valence-corrected chi connectivity index (χ1v) is 6.36. The molecule has 0 saturated heterocycles. The molecule has 18 heavy (non-hydrogen) atoms. The molecule has 100 valence electrons. The Morgan fingerprint density at radius 2 is 2.22 bits per heavy atom. The molecule has 1 rings (SSSR count). The Labute approximate surface area is 110 Å². The number of hydrogen-bond donors (Lipinski definition) is 1. The summed E-state index contributed by atoms with van der Waals surface area (Å²) in [5.41, 5.74) is -0.894. The van der Waals surface area contributed by atoms with E-state index in [0.29, 0.717) is 0 Å². The fourth-order valence-electron chi connectivity index (χ4n) is 1.46. The first kappa shape index (κ1) is 14.8. The van der Waals surface area contributed by atoms with E-state index in [0.717, 1.165) is 6.07 Å². The molecule has 4 nitrogen and oxygen atoms in total. The van der Waals surface area contributed by atoms with Crippen molar-refractivity contribution in [1.29, 1.82) is 0 Å². The number of aromatic nitrogens is 1. The van der Waals surface area contributed by atoms with Crippen LogP contribution in [0.4, 0.5) is 8.78 Å². The van der Waals surface area contributed by atoms with Crippen molar-refractivity contribution in [1.82, 2.24) is 4.98 Å². The minimum atomic E-state index is -2.76. The van der Waals surface area contributed by atoms with Crippen LogP contribution in [0.15, 0.2) is 10.9 Å². The van der Waals surface area contributed by atoms with Crippen molar-refractivity contribution >= 4 is 21.9 Å². The zero-order valence-corrected chi connectivity index (χ0v) is 11.2. The Hall–Kier alpha value is -1.24. The largest absolute Gasteiger partial charge is 0.466 e. The number of carbonyl (C=O) groups is 1. The number of halogens is 3. The molecule has 0 fully saturated rings. The average Bonchev–Trinajstić information content (AvgIpc) is 2.28. The van der Waals surface area contributed by atoms with Gasteiger partial charge < -0.3 is 9.72 Å². The van der Waals surface area contributed by atoms with Crippen LogP contribution in [0.5, 0.6) is 0 Å². The normalized spacial score (nSPS) is 10.7. The molecule has 0 atom stereocenters. The Bertz CT molecular complexity index is 488. The molecule has 0 aliphatic heterocycles. The summed E-state index contributed by atoms with van der Waals surface area (Å²) in [5.74, 6) is -0.569. The molecule has 0 spiro atoms. The van der Waals surface area contributed by atoms with Crippen molar-refractivity contribution in [2.24, 2.45) is 0 Å². The van der Waals surface area contributed by atoms with E-state index in [1.807, 2.05) is 0 Å². The summed E-state index contributed by atoms with van der Waals surface area (Å²) < 4.78 is 30.2. The third kappa shape index (κ3) is 3.63. The summed E-state index contributed by atoms with van der Waals surface area (Å²) in [7, 11) is 0. The number of H-pyrrole nitrogens is 1. The van der Waals surface area contributed by atoms with E-state index in [1.165, 1.54) is 0 Å². The van der Waals surface area contributed by atoms with Crippen LogP contribution in [-0.2, 0) is 21.3 Å². The maximum atomic E-state index is 12.8. The summed E-state index contributed by atoms with van der Waals surface area (Å²) in [6.07, 6.45) is -2.99. The van der Waals surface area contributed by atoms with Gasteiger partial charge in [-0.1, -0.05) is 15.9 Å². The molecule has 1 aromatic heterocycles. The van der Waals surface area contributed by atoms with Crippen LogP contribution in [0.1, 0.15) is 30.2 Å². The van der Waals surface area contributed by atoms with Gasteiger partial charge in [-0.3, -0.25) is 9.59 Å². The van der Waals surface area contributed by atoms with Gasteiger partial charge in [0.15, 0.2) is 0 Å². The van der Waals surface area contributed by atoms with Crippen LogP contribution in [0.2, 0.25) is 0 Å². The van der Waals surface area contributed by atoms with Crippen molar-refractivity contribution in [2.75, 3.05) is 6.61 Å². The highest BCUT2D eigenvalue weighted by atomic mass is 79.9. The summed E-state index contributed by atoms with van der Waals surface area (Å²) in [4.78, 5) is 25.2. The SMILES string of the molecule is CCOC(=O)Cc1cc(C(F)F)c(CBr)c(=O)[nH]1. The van der Waals surface area contributed by atoms with Gasteiger partial charge >= 0.3 is 5.97 Å². The van der Waals surface area contributed by atoms with Crippen LogP contribution in [0, 0.1) is 0 Å². The van der Waals surface area contributed by atoms with Crippen LogP contribution in [0.25, 0.3) is 0 Å². The predicted molar refractivity (Wildman–Crippen MR) is 65.0 cm³/mol. The number of carbonyl (C=O) groups excluding carboxylic acids is 1. The summed E-state index contributed by atoms with van der Waals surface area (Å²) >= 11 is 2.98. The first-order chi connectivity index (χ1) is 8.49. The van der Waals surface area contributed by atoms with Crippen LogP contribution < -0.4 is 5.56 Å². The van der Waals surface area contributed by atoms with Gasteiger partial charge in [-0.15, -0.1) is 0 Å². The molecule has 0 saturated carbocycles. The van der Waals surface area contributed by atoms with Crippen LogP contribution in [0.3, 0.4) is 0 Å². The van der Waals surface area contributed by atoms with E-state index in [4.69, 9.17) is 0 Å². The van der Waals surface area contributed by atoms with Gasteiger partial charge in [0.05, 0.1) is 13.0 Å². The third-order valence-electron chi connectivity index (χ3n) is 2.24. The second-order valence-corrected chi connectivity index (χ2v) is 4.03. The quantitative estimate of drug-likeness (QED) is 0.668. The molecule has 0 bridgehead atoms. The zero-order chi connectivity index (χ0) is 13.7. The number of alkyl halides is 3. The molecule has 1 N–H and O–H groups in total. The molecule has 1 heterocycles. The van der Waals surface area contributed by atoms with E-state index in [1.54, 1.807) is 6.92 Å². The van der Waals surface area contributed by atoms with Crippen molar-refractivity contribution in [3.63, 3.8) is 0 Å². The van der Waals surface area contributed by atoms with Gasteiger partial charge in [0.1, 0.15) is 0 Å². The highest BCUT2D eigenvalue weighted by Gasteiger charge is 2.17. The van der Waals surface area contributed by atoms with Gasteiger partial charge in [0, 0.05) is 22.2 Å². The average molecular weight is 324 g/mol. The molecular weight excluding hydrogens is 312 g/mol. The maximum absolute atomic E-state index is 12.8. The topological polar surface area (TPSA) is 59.2 Å². The van der Waals surface area contributed by atoms with E-state index in [2.05, 4.69) is 25.7 Å². The highest BCUT2D eigenvalue weighted by molar-refractivity contribution is 9.08. The number of rotatable bonds is 5. The Kier molecular flexibility index (Phi) is 5.46. The minimum Gasteiger partial charge on any atom is -0.466 e. The molecule has 1 aromatic rings. The van der Waals surface area contributed by atoms with Gasteiger partial charge in [-0.05, 0) is 13.0 Å². The maximum Gasteiger partial charge on any atom is 0.311 e. The van der Waals surface area contributed by atoms with Crippen molar-refractivity contribution < 1.29 is 18.3 Å². The second kappa shape index (κ2) is 6.63. The number of hydrogen-bond acceptors (Lipinski definition) is 3. The van der Waals surface area contributed by atoms with Gasteiger partial charge in [-0.25, -0.2) is 8.78 Å². The van der Waals surface area contributed by atoms with Gasteiger partial charge in [0.2, 0.25) is 0 Å². The molecule has 0 radical (unpaired) electrons. The molecule has 0 aliphatic rings. The molecule has 0 aliphatic carbocycles. The lowest BCUT2D eigenvalue weighted by molar-refractivity contribution is -0.142. The molecule has 7 heteroatoms. The van der Waals surface area contributed by atoms with E-state index >= 15 is 0 Å². The molecule has 0 aromatic carbocycles. The Morgan fingerprint density at radius 1 is 1.56 bits per heavy atom. The minimum absolute atomic E-state index is 0.0295. The molecule has 0 unspecified atom stereocenters.